The summed E-state index contributed by atoms with van der Waals surface area (Å²) in [5, 5.41) is 10.3. The lowest BCUT2D eigenvalue weighted by molar-refractivity contribution is -0.137. The van der Waals surface area contributed by atoms with Crippen LogP contribution in [-0.2, 0) is 6.18 Å². The van der Waals surface area contributed by atoms with E-state index in [1.54, 1.807) is 12.1 Å². The summed E-state index contributed by atoms with van der Waals surface area (Å²) in [5.41, 5.74) is 7.08. The molecule has 22 heavy (non-hydrogen) atoms. The number of benzene rings is 2. The first kappa shape index (κ1) is 16.0. The molecular weight excluding hydrogens is 317 g/mol. The fourth-order valence-electron chi connectivity index (χ4n) is 2.21. The zero-order valence-corrected chi connectivity index (χ0v) is 11.9. The van der Waals surface area contributed by atoms with Crippen LogP contribution in [0.1, 0.15) is 5.56 Å². The number of aromatic nitrogens is 1. The maximum Gasteiger partial charge on any atom is 0.416 e. The van der Waals surface area contributed by atoms with Crippen molar-refractivity contribution in [2.75, 3.05) is 5.73 Å². The molecule has 0 amide bonds. The third kappa shape index (κ3) is 2.69. The Hall–Kier alpha value is -2.34. The molecule has 2 aromatic carbocycles. The van der Waals surface area contributed by atoms with Gasteiger partial charge >= 0.3 is 6.18 Å². The molecule has 116 valence electrons. The number of H-pyrrole nitrogens is 1. The number of hydrogen-bond acceptors (Lipinski definition) is 2. The second-order valence-corrected chi connectivity index (χ2v) is 4.72. The number of alkyl halides is 3. The van der Waals surface area contributed by atoms with Gasteiger partial charge in [-0.05, 0) is 35.9 Å². The average molecular weight is 329 g/mol. The van der Waals surface area contributed by atoms with Gasteiger partial charge in [0, 0.05) is 11.1 Å². The number of rotatable bonds is 1. The van der Waals surface area contributed by atoms with Crippen LogP contribution >= 0.6 is 12.4 Å². The number of nitrogens with one attached hydrogen (secondary N) is 1. The van der Waals surface area contributed by atoms with E-state index in [1.807, 2.05) is 0 Å². The molecule has 0 unspecified atom stereocenters. The van der Waals surface area contributed by atoms with Crippen LogP contribution in [0.25, 0.3) is 22.2 Å². The number of phenols is 1. The summed E-state index contributed by atoms with van der Waals surface area (Å²) in [6, 6.07) is 9.78. The fourth-order valence-corrected chi connectivity index (χ4v) is 2.21. The second kappa shape index (κ2) is 5.46. The van der Waals surface area contributed by atoms with Gasteiger partial charge in [-0.1, -0.05) is 12.1 Å². The van der Waals surface area contributed by atoms with Crippen LogP contribution in [0.2, 0.25) is 0 Å². The molecule has 0 radical (unpaired) electrons. The number of aromatic amines is 1. The molecule has 3 rings (SSSR count). The molecule has 0 bridgehead atoms. The summed E-state index contributed by atoms with van der Waals surface area (Å²) in [4.78, 5) is 3.01. The van der Waals surface area contributed by atoms with Gasteiger partial charge in [0.2, 0.25) is 0 Å². The number of nitrogen functional groups attached to an aromatic ring is 1. The first-order valence-corrected chi connectivity index (χ1v) is 6.14. The Morgan fingerprint density at radius 1 is 1.00 bits per heavy atom. The largest absolute Gasteiger partial charge is 0.506 e. The highest BCUT2D eigenvalue weighted by Crippen LogP contribution is 2.34. The Bertz CT molecular complexity index is 810. The van der Waals surface area contributed by atoms with Gasteiger partial charge in [0.1, 0.15) is 5.75 Å². The van der Waals surface area contributed by atoms with Crippen molar-refractivity contribution in [3.8, 4) is 17.0 Å². The highest BCUT2D eigenvalue weighted by Gasteiger charge is 2.30. The lowest BCUT2D eigenvalue weighted by Crippen LogP contribution is -2.03. The predicted octanol–water partition coefficient (Wildman–Crippen LogP) is 4.56. The molecule has 7 heteroatoms. The summed E-state index contributed by atoms with van der Waals surface area (Å²) in [6.07, 6.45) is -4.35. The molecule has 1 aromatic heterocycles. The molecule has 0 aliphatic heterocycles. The first-order chi connectivity index (χ1) is 9.86. The van der Waals surface area contributed by atoms with Crippen molar-refractivity contribution in [1.29, 1.82) is 0 Å². The Balaban J connectivity index is 0.00000176. The average Bonchev–Trinajstić information content (AvgIpc) is 2.87. The van der Waals surface area contributed by atoms with E-state index in [4.69, 9.17) is 5.73 Å². The number of fused-ring (bicyclic) bond motifs is 1. The van der Waals surface area contributed by atoms with Crippen LogP contribution in [0.15, 0.2) is 42.5 Å². The fraction of sp³-hybridized carbons (Fsp3) is 0.0667. The van der Waals surface area contributed by atoms with Crippen LogP contribution in [0.3, 0.4) is 0 Å². The zero-order chi connectivity index (χ0) is 15.2. The minimum atomic E-state index is -4.35. The molecule has 0 saturated carbocycles. The lowest BCUT2D eigenvalue weighted by Gasteiger charge is -2.06. The Morgan fingerprint density at radius 2 is 1.64 bits per heavy atom. The van der Waals surface area contributed by atoms with Crippen molar-refractivity contribution in [1.82, 2.24) is 4.98 Å². The summed E-state index contributed by atoms with van der Waals surface area (Å²) >= 11 is 0. The highest BCUT2D eigenvalue weighted by atomic mass is 35.5. The summed E-state index contributed by atoms with van der Waals surface area (Å²) < 4.78 is 37.6. The summed E-state index contributed by atoms with van der Waals surface area (Å²) in [7, 11) is 0. The van der Waals surface area contributed by atoms with Gasteiger partial charge in [0.15, 0.2) is 0 Å². The third-order valence-corrected chi connectivity index (χ3v) is 3.34. The van der Waals surface area contributed by atoms with Gasteiger partial charge in [0.25, 0.3) is 0 Å². The van der Waals surface area contributed by atoms with Crippen LogP contribution < -0.4 is 5.73 Å². The predicted molar refractivity (Wildman–Crippen MR) is 82.1 cm³/mol. The van der Waals surface area contributed by atoms with E-state index in [-0.39, 0.29) is 23.8 Å². The number of halogens is 4. The molecule has 0 fully saturated rings. The SMILES string of the molecule is Cl.Nc1c(O)ccc2cc(-c3ccc(C(F)(F)F)cc3)[nH]c12. The van der Waals surface area contributed by atoms with E-state index in [0.29, 0.717) is 16.8 Å². The van der Waals surface area contributed by atoms with Gasteiger partial charge < -0.3 is 15.8 Å². The minimum Gasteiger partial charge on any atom is -0.506 e. The lowest BCUT2D eigenvalue weighted by atomic mass is 10.1. The standard InChI is InChI=1S/C15H11F3N2O.ClH/c16-15(17,18)10-4-1-8(2-5-10)11-7-9-3-6-12(21)13(19)14(9)20-11;/h1-7,20-21H,19H2;1H. The number of nitrogens with two attached hydrogens (primary N) is 1. The van der Waals surface area contributed by atoms with Gasteiger partial charge in [-0.25, -0.2) is 0 Å². The number of aromatic hydroxyl groups is 1. The van der Waals surface area contributed by atoms with Crippen molar-refractivity contribution in [3.63, 3.8) is 0 Å². The second-order valence-electron chi connectivity index (χ2n) is 4.72. The Kier molecular flexibility index (Phi) is 3.98. The van der Waals surface area contributed by atoms with Crippen molar-refractivity contribution < 1.29 is 18.3 Å². The van der Waals surface area contributed by atoms with Gasteiger partial charge in [-0.3, -0.25) is 0 Å². The van der Waals surface area contributed by atoms with E-state index < -0.39 is 11.7 Å². The monoisotopic (exact) mass is 328 g/mol. The molecular formula is C15H12ClF3N2O. The zero-order valence-electron chi connectivity index (χ0n) is 11.1. The number of hydrogen-bond donors (Lipinski definition) is 3. The van der Waals surface area contributed by atoms with Crippen molar-refractivity contribution in [2.45, 2.75) is 6.18 Å². The quantitative estimate of drug-likeness (QED) is 0.453. The Morgan fingerprint density at radius 3 is 2.23 bits per heavy atom. The molecule has 0 atom stereocenters. The molecule has 0 saturated heterocycles. The smallest absolute Gasteiger partial charge is 0.416 e. The van der Waals surface area contributed by atoms with E-state index in [2.05, 4.69) is 4.98 Å². The molecule has 4 N–H and O–H groups in total. The molecule has 0 spiro atoms. The van der Waals surface area contributed by atoms with Gasteiger partial charge in [-0.15, -0.1) is 12.4 Å². The number of phenolic OH excluding ortho intramolecular Hbond substituents is 1. The normalized spacial score (nSPS) is 11.4. The maximum atomic E-state index is 12.5. The van der Waals surface area contributed by atoms with Gasteiger partial charge in [0.05, 0.1) is 16.8 Å². The van der Waals surface area contributed by atoms with Crippen LogP contribution in [0.4, 0.5) is 18.9 Å². The van der Waals surface area contributed by atoms with Crippen molar-refractivity contribution in [2.24, 2.45) is 0 Å². The first-order valence-electron chi connectivity index (χ1n) is 6.14. The third-order valence-electron chi connectivity index (χ3n) is 3.34. The maximum absolute atomic E-state index is 12.5. The summed E-state index contributed by atoms with van der Waals surface area (Å²) in [5.74, 6) is -0.0386. The molecule has 0 aliphatic rings. The van der Waals surface area contributed by atoms with Crippen molar-refractivity contribution >= 4 is 29.0 Å². The highest BCUT2D eigenvalue weighted by molar-refractivity contribution is 5.96. The Labute approximate surface area is 130 Å². The van der Waals surface area contributed by atoms with Crippen LogP contribution in [0, 0.1) is 0 Å². The van der Waals surface area contributed by atoms with Crippen molar-refractivity contribution in [3.05, 3.63) is 48.0 Å². The topological polar surface area (TPSA) is 62.0 Å². The summed E-state index contributed by atoms with van der Waals surface area (Å²) in [6.45, 7) is 0. The van der Waals surface area contributed by atoms with Gasteiger partial charge in [-0.2, -0.15) is 13.2 Å². The van der Waals surface area contributed by atoms with Crippen LogP contribution in [-0.4, -0.2) is 10.1 Å². The van der Waals surface area contributed by atoms with Crippen LogP contribution in [0.5, 0.6) is 5.75 Å². The van der Waals surface area contributed by atoms with E-state index in [9.17, 15) is 18.3 Å². The molecule has 0 aliphatic carbocycles. The molecule has 3 aromatic rings. The van der Waals surface area contributed by atoms with E-state index in [1.165, 1.54) is 18.2 Å². The number of anilines is 1. The van der Waals surface area contributed by atoms with E-state index >= 15 is 0 Å². The minimum absolute atomic E-state index is 0. The molecule has 3 nitrogen and oxygen atoms in total. The van der Waals surface area contributed by atoms with E-state index in [0.717, 1.165) is 17.5 Å². The molecule has 1 heterocycles.